The smallest absolute Gasteiger partial charge is 0.211 e. The third kappa shape index (κ3) is 2.28. The monoisotopic (exact) mass is 220 g/mol. The van der Waals surface area contributed by atoms with Crippen molar-refractivity contribution in [3.05, 3.63) is 29.6 Å². The molecule has 0 aliphatic carbocycles. The zero-order valence-corrected chi connectivity index (χ0v) is 9.10. The standard InChI is InChI=1S/C10H12N4O2/c1-7-3-4-8(5-9(7)15-2)16-6-10-11-13-14-12-10/h3-5H,6H2,1-2H3,(H,11,12,13,14). The van der Waals surface area contributed by atoms with Crippen molar-refractivity contribution < 1.29 is 9.47 Å². The highest BCUT2D eigenvalue weighted by Gasteiger charge is 2.03. The quantitative estimate of drug-likeness (QED) is 0.835. The second kappa shape index (κ2) is 4.61. The first kappa shape index (κ1) is 10.4. The maximum atomic E-state index is 5.48. The fourth-order valence-corrected chi connectivity index (χ4v) is 1.28. The molecule has 6 nitrogen and oxygen atoms in total. The highest BCUT2D eigenvalue weighted by Crippen LogP contribution is 2.23. The summed E-state index contributed by atoms with van der Waals surface area (Å²) in [6.45, 7) is 2.25. The van der Waals surface area contributed by atoms with Crippen LogP contribution in [0.5, 0.6) is 11.5 Å². The largest absolute Gasteiger partial charge is 0.496 e. The van der Waals surface area contributed by atoms with Gasteiger partial charge in [-0.1, -0.05) is 11.3 Å². The second-order valence-corrected chi connectivity index (χ2v) is 3.25. The Kier molecular flexibility index (Phi) is 3.00. The summed E-state index contributed by atoms with van der Waals surface area (Å²) >= 11 is 0. The molecule has 84 valence electrons. The molecule has 0 saturated heterocycles. The van der Waals surface area contributed by atoms with Gasteiger partial charge in [-0.3, -0.25) is 0 Å². The van der Waals surface area contributed by atoms with Crippen molar-refractivity contribution in [3.8, 4) is 11.5 Å². The minimum Gasteiger partial charge on any atom is -0.496 e. The summed E-state index contributed by atoms with van der Waals surface area (Å²) in [6, 6.07) is 5.64. The van der Waals surface area contributed by atoms with Gasteiger partial charge in [0.05, 0.1) is 7.11 Å². The summed E-state index contributed by atoms with van der Waals surface area (Å²) in [5.74, 6) is 2.03. The number of aryl methyl sites for hydroxylation is 1. The second-order valence-electron chi connectivity index (χ2n) is 3.25. The molecule has 1 N–H and O–H groups in total. The van der Waals surface area contributed by atoms with E-state index in [0.29, 0.717) is 11.6 Å². The first-order chi connectivity index (χ1) is 7.79. The zero-order chi connectivity index (χ0) is 11.4. The molecule has 1 aromatic carbocycles. The molecule has 0 radical (unpaired) electrons. The van der Waals surface area contributed by atoms with E-state index < -0.39 is 0 Å². The topological polar surface area (TPSA) is 72.9 Å². The molecular weight excluding hydrogens is 208 g/mol. The van der Waals surface area contributed by atoms with E-state index in [1.165, 1.54) is 0 Å². The Morgan fingerprint density at radius 3 is 2.94 bits per heavy atom. The predicted molar refractivity (Wildman–Crippen MR) is 56.2 cm³/mol. The number of nitrogens with zero attached hydrogens (tertiary/aromatic N) is 3. The minimum absolute atomic E-state index is 0.280. The van der Waals surface area contributed by atoms with Crippen molar-refractivity contribution >= 4 is 0 Å². The van der Waals surface area contributed by atoms with Crippen LogP contribution in [-0.2, 0) is 6.61 Å². The van der Waals surface area contributed by atoms with E-state index in [9.17, 15) is 0 Å². The average Bonchev–Trinajstić information content (AvgIpc) is 2.81. The van der Waals surface area contributed by atoms with E-state index in [-0.39, 0.29) is 6.61 Å². The van der Waals surface area contributed by atoms with E-state index in [1.807, 2.05) is 25.1 Å². The molecule has 0 aliphatic rings. The molecule has 0 amide bonds. The molecule has 1 heterocycles. The lowest BCUT2D eigenvalue weighted by atomic mass is 10.2. The number of H-pyrrole nitrogens is 1. The van der Waals surface area contributed by atoms with Crippen LogP contribution in [0.15, 0.2) is 18.2 Å². The van der Waals surface area contributed by atoms with Crippen molar-refractivity contribution in [2.24, 2.45) is 0 Å². The number of rotatable bonds is 4. The van der Waals surface area contributed by atoms with Gasteiger partial charge in [-0.05, 0) is 18.6 Å². The maximum Gasteiger partial charge on any atom is 0.211 e. The Balaban J connectivity index is 2.04. The predicted octanol–water partition coefficient (Wildman–Crippen LogP) is 1.10. The third-order valence-corrected chi connectivity index (χ3v) is 2.14. The van der Waals surface area contributed by atoms with Gasteiger partial charge in [0.1, 0.15) is 11.5 Å². The SMILES string of the molecule is COc1cc(OCc2nn[nH]n2)ccc1C. The molecule has 0 aliphatic heterocycles. The summed E-state index contributed by atoms with van der Waals surface area (Å²) in [6.07, 6.45) is 0. The van der Waals surface area contributed by atoms with Crippen LogP contribution >= 0.6 is 0 Å². The van der Waals surface area contributed by atoms with Crippen molar-refractivity contribution in [1.29, 1.82) is 0 Å². The van der Waals surface area contributed by atoms with Gasteiger partial charge in [0.2, 0.25) is 5.82 Å². The number of tetrazole rings is 1. The summed E-state index contributed by atoms with van der Waals surface area (Å²) in [7, 11) is 1.63. The average molecular weight is 220 g/mol. The van der Waals surface area contributed by atoms with Crippen molar-refractivity contribution in [2.75, 3.05) is 7.11 Å². The van der Waals surface area contributed by atoms with Crippen molar-refractivity contribution in [2.45, 2.75) is 13.5 Å². The van der Waals surface area contributed by atoms with Crippen LogP contribution in [-0.4, -0.2) is 27.7 Å². The van der Waals surface area contributed by atoms with Gasteiger partial charge in [0.15, 0.2) is 6.61 Å². The van der Waals surface area contributed by atoms with E-state index in [0.717, 1.165) is 11.3 Å². The molecule has 0 fully saturated rings. The Morgan fingerprint density at radius 1 is 1.38 bits per heavy atom. The molecule has 0 saturated carbocycles. The molecule has 0 atom stereocenters. The Hall–Kier alpha value is -2.11. The Morgan fingerprint density at radius 2 is 2.25 bits per heavy atom. The maximum absolute atomic E-state index is 5.48. The first-order valence-electron chi connectivity index (χ1n) is 4.79. The van der Waals surface area contributed by atoms with Crippen LogP contribution in [0.4, 0.5) is 0 Å². The number of ether oxygens (including phenoxy) is 2. The lowest BCUT2D eigenvalue weighted by molar-refractivity contribution is 0.293. The molecule has 6 heteroatoms. The van der Waals surface area contributed by atoms with Gasteiger partial charge in [0.25, 0.3) is 0 Å². The van der Waals surface area contributed by atoms with Crippen molar-refractivity contribution in [3.63, 3.8) is 0 Å². The van der Waals surface area contributed by atoms with Crippen LogP contribution in [0.1, 0.15) is 11.4 Å². The molecule has 0 unspecified atom stereocenters. The zero-order valence-electron chi connectivity index (χ0n) is 9.10. The molecular formula is C10H12N4O2. The molecule has 2 rings (SSSR count). The number of aromatic nitrogens is 4. The van der Waals surface area contributed by atoms with Gasteiger partial charge in [-0.15, -0.1) is 10.2 Å². The first-order valence-corrected chi connectivity index (χ1v) is 4.79. The number of hydrogen-bond acceptors (Lipinski definition) is 5. The fraction of sp³-hybridized carbons (Fsp3) is 0.300. The van der Waals surface area contributed by atoms with E-state index in [4.69, 9.17) is 9.47 Å². The van der Waals surface area contributed by atoms with Gasteiger partial charge in [-0.25, -0.2) is 0 Å². The normalized spacial score (nSPS) is 10.1. The van der Waals surface area contributed by atoms with Gasteiger partial charge in [-0.2, -0.15) is 5.21 Å². The number of methoxy groups -OCH3 is 1. The van der Waals surface area contributed by atoms with E-state index >= 15 is 0 Å². The number of benzene rings is 1. The van der Waals surface area contributed by atoms with Gasteiger partial charge < -0.3 is 9.47 Å². The van der Waals surface area contributed by atoms with Gasteiger partial charge in [0, 0.05) is 6.07 Å². The van der Waals surface area contributed by atoms with Crippen molar-refractivity contribution in [1.82, 2.24) is 20.6 Å². The van der Waals surface area contributed by atoms with Gasteiger partial charge >= 0.3 is 0 Å². The summed E-state index contributed by atoms with van der Waals surface area (Å²) in [5, 5.41) is 13.4. The Labute approximate surface area is 92.6 Å². The fourth-order valence-electron chi connectivity index (χ4n) is 1.28. The van der Waals surface area contributed by atoms with Crippen LogP contribution in [0.3, 0.4) is 0 Å². The number of nitrogens with one attached hydrogen (secondary N) is 1. The molecule has 0 bridgehead atoms. The number of hydrogen-bond donors (Lipinski definition) is 1. The lowest BCUT2D eigenvalue weighted by Crippen LogP contribution is -1.98. The van der Waals surface area contributed by atoms with Crippen LogP contribution in [0.2, 0.25) is 0 Å². The molecule has 0 spiro atoms. The summed E-state index contributed by atoms with van der Waals surface area (Å²) < 4.78 is 10.7. The highest BCUT2D eigenvalue weighted by molar-refractivity contribution is 5.39. The number of aromatic amines is 1. The van der Waals surface area contributed by atoms with Crippen LogP contribution < -0.4 is 9.47 Å². The highest BCUT2D eigenvalue weighted by atomic mass is 16.5. The summed E-state index contributed by atoms with van der Waals surface area (Å²) in [4.78, 5) is 0. The molecule has 2 aromatic rings. The molecule has 16 heavy (non-hydrogen) atoms. The summed E-state index contributed by atoms with van der Waals surface area (Å²) in [5.41, 5.74) is 1.06. The minimum atomic E-state index is 0.280. The van der Waals surface area contributed by atoms with E-state index in [1.54, 1.807) is 7.11 Å². The lowest BCUT2D eigenvalue weighted by Gasteiger charge is -2.08. The Bertz CT molecular complexity index is 456. The molecule has 1 aromatic heterocycles. The third-order valence-electron chi connectivity index (χ3n) is 2.14. The van der Waals surface area contributed by atoms with E-state index in [2.05, 4.69) is 20.6 Å². The van der Waals surface area contributed by atoms with Crippen LogP contribution in [0, 0.1) is 6.92 Å². The van der Waals surface area contributed by atoms with Crippen LogP contribution in [0.25, 0.3) is 0 Å².